The maximum absolute atomic E-state index is 12.8. The van der Waals surface area contributed by atoms with Crippen molar-refractivity contribution in [2.45, 2.75) is 19.0 Å². The molecule has 0 N–H and O–H groups in total. The fourth-order valence-corrected chi connectivity index (χ4v) is 4.61. The van der Waals surface area contributed by atoms with E-state index in [1.165, 1.54) is 11.8 Å². The number of hydrogen-bond acceptors (Lipinski definition) is 7. The van der Waals surface area contributed by atoms with E-state index in [0.29, 0.717) is 10.9 Å². The zero-order valence-electron chi connectivity index (χ0n) is 15.7. The molecule has 0 aliphatic rings. The minimum Gasteiger partial charge on any atom is -0.305 e. The van der Waals surface area contributed by atoms with Gasteiger partial charge in [-0.05, 0) is 32.0 Å². The van der Waals surface area contributed by atoms with Gasteiger partial charge in [-0.2, -0.15) is 0 Å². The van der Waals surface area contributed by atoms with E-state index in [1.807, 2.05) is 53.6 Å². The number of pyridine rings is 1. The predicted molar refractivity (Wildman–Crippen MR) is 110 cm³/mol. The highest BCUT2D eigenvalue weighted by molar-refractivity contribution is 7.99. The molecule has 0 radical (unpaired) electrons. The predicted octanol–water partition coefficient (Wildman–Crippen LogP) is 3.72. The van der Waals surface area contributed by atoms with Crippen molar-refractivity contribution in [3.63, 3.8) is 0 Å². The van der Waals surface area contributed by atoms with E-state index in [-0.39, 0.29) is 5.78 Å². The molecule has 4 aromatic heterocycles. The van der Waals surface area contributed by atoms with Crippen molar-refractivity contribution in [2.75, 3.05) is 5.75 Å². The van der Waals surface area contributed by atoms with E-state index in [2.05, 4.69) is 20.2 Å². The van der Waals surface area contributed by atoms with Gasteiger partial charge in [0, 0.05) is 53.5 Å². The van der Waals surface area contributed by atoms with E-state index in [0.717, 1.165) is 33.5 Å². The third kappa shape index (κ3) is 3.38. The lowest BCUT2D eigenvalue weighted by atomic mass is 10.2. The summed E-state index contributed by atoms with van der Waals surface area (Å²) in [6.07, 6.45) is 5.21. The van der Waals surface area contributed by atoms with Crippen LogP contribution < -0.4 is 0 Å². The van der Waals surface area contributed by atoms with Crippen molar-refractivity contribution < 1.29 is 4.79 Å². The standard InChI is InChI=1S/C19H18N6OS2/c1-12-10-15(13(2)25(12)18-21-8-9-27-18)16(26)11-28-19-23-22-17(24(19)3)14-4-6-20-7-5-14/h4-10H,11H2,1-3H3. The van der Waals surface area contributed by atoms with Gasteiger partial charge in [0.2, 0.25) is 0 Å². The molecule has 0 aromatic carbocycles. The fraction of sp³-hybridized carbons (Fsp3) is 0.211. The Labute approximate surface area is 170 Å². The molecule has 0 unspecified atom stereocenters. The molecule has 0 atom stereocenters. The molecule has 4 aromatic rings. The number of thioether (sulfide) groups is 1. The van der Waals surface area contributed by atoms with E-state index in [9.17, 15) is 4.79 Å². The maximum atomic E-state index is 12.8. The summed E-state index contributed by atoms with van der Waals surface area (Å²) in [6.45, 7) is 3.94. The average molecular weight is 411 g/mol. The number of ketones is 1. The second-order valence-corrected chi connectivity index (χ2v) is 8.06. The summed E-state index contributed by atoms with van der Waals surface area (Å²) < 4.78 is 3.92. The molecule has 9 heteroatoms. The fourth-order valence-electron chi connectivity index (χ4n) is 3.07. The van der Waals surface area contributed by atoms with E-state index < -0.39 is 0 Å². The molecular weight excluding hydrogens is 392 g/mol. The summed E-state index contributed by atoms with van der Waals surface area (Å²) in [6, 6.07) is 5.70. The third-order valence-corrected chi connectivity index (χ3v) is 6.22. The van der Waals surface area contributed by atoms with Gasteiger partial charge < -0.3 is 4.57 Å². The molecule has 4 heterocycles. The lowest BCUT2D eigenvalue weighted by molar-refractivity contribution is 0.102. The first-order valence-corrected chi connectivity index (χ1v) is 10.5. The molecule has 0 saturated heterocycles. The number of rotatable bonds is 6. The van der Waals surface area contributed by atoms with Gasteiger partial charge in [-0.15, -0.1) is 21.5 Å². The lowest BCUT2D eigenvalue weighted by Crippen LogP contribution is -2.06. The van der Waals surface area contributed by atoms with Crippen LogP contribution in [0.4, 0.5) is 0 Å². The van der Waals surface area contributed by atoms with Crippen molar-refractivity contribution in [3.8, 4) is 16.5 Å². The highest BCUT2D eigenvalue weighted by Crippen LogP contribution is 2.26. The monoisotopic (exact) mass is 410 g/mol. The maximum Gasteiger partial charge on any atom is 0.193 e. The molecular formula is C19H18N6OS2. The molecule has 7 nitrogen and oxygen atoms in total. The number of carbonyl (C=O) groups excluding carboxylic acids is 1. The Hall–Kier alpha value is -2.78. The number of carbonyl (C=O) groups is 1. The Morgan fingerprint density at radius 1 is 1.18 bits per heavy atom. The summed E-state index contributed by atoms with van der Waals surface area (Å²) in [7, 11) is 1.90. The first kappa shape index (κ1) is 18.6. The zero-order chi connectivity index (χ0) is 19.7. The van der Waals surface area contributed by atoms with Gasteiger partial charge in [0.1, 0.15) is 0 Å². The van der Waals surface area contributed by atoms with Gasteiger partial charge in [0.25, 0.3) is 0 Å². The SMILES string of the molecule is Cc1cc(C(=O)CSc2nnc(-c3ccncc3)n2C)c(C)n1-c1nccs1. The van der Waals surface area contributed by atoms with Crippen LogP contribution in [0.1, 0.15) is 21.7 Å². The number of aromatic nitrogens is 6. The number of Topliss-reactive ketones (excluding diaryl/α,β-unsaturated/α-hetero) is 1. The molecule has 0 fully saturated rings. The normalized spacial score (nSPS) is 11.1. The Balaban J connectivity index is 1.52. The van der Waals surface area contributed by atoms with Crippen LogP contribution in [0, 0.1) is 13.8 Å². The summed E-state index contributed by atoms with van der Waals surface area (Å²) in [4.78, 5) is 21.2. The molecule has 0 saturated carbocycles. The number of nitrogens with zero attached hydrogens (tertiary/aromatic N) is 6. The Morgan fingerprint density at radius 3 is 2.68 bits per heavy atom. The second-order valence-electron chi connectivity index (χ2n) is 6.25. The Bertz CT molecular complexity index is 1120. The smallest absolute Gasteiger partial charge is 0.193 e. The number of thiazole rings is 1. The van der Waals surface area contributed by atoms with Gasteiger partial charge in [-0.3, -0.25) is 14.3 Å². The molecule has 142 valence electrons. The Kier molecular flexibility index (Phi) is 5.10. The lowest BCUT2D eigenvalue weighted by Gasteiger charge is -2.06. The van der Waals surface area contributed by atoms with Crippen LogP contribution in [0.2, 0.25) is 0 Å². The van der Waals surface area contributed by atoms with Gasteiger partial charge in [0.05, 0.1) is 5.75 Å². The summed E-state index contributed by atoms with van der Waals surface area (Å²) >= 11 is 2.94. The molecule has 0 amide bonds. The van der Waals surface area contributed by atoms with Crippen LogP contribution in [0.25, 0.3) is 16.5 Å². The van der Waals surface area contributed by atoms with Crippen LogP contribution in [0.15, 0.2) is 47.3 Å². The Morgan fingerprint density at radius 2 is 1.96 bits per heavy atom. The van der Waals surface area contributed by atoms with Crippen LogP contribution in [-0.4, -0.2) is 40.8 Å². The highest BCUT2D eigenvalue weighted by atomic mass is 32.2. The number of aryl methyl sites for hydroxylation is 1. The molecule has 28 heavy (non-hydrogen) atoms. The van der Waals surface area contributed by atoms with Gasteiger partial charge in [-0.1, -0.05) is 11.8 Å². The highest BCUT2D eigenvalue weighted by Gasteiger charge is 2.19. The van der Waals surface area contributed by atoms with E-state index in [1.54, 1.807) is 29.9 Å². The molecule has 0 aliphatic heterocycles. The molecule has 0 aliphatic carbocycles. The molecule has 4 rings (SSSR count). The van der Waals surface area contributed by atoms with Crippen molar-refractivity contribution in [1.29, 1.82) is 0 Å². The largest absolute Gasteiger partial charge is 0.305 e. The van der Waals surface area contributed by atoms with Crippen molar-refractivity contribution in [2.24, 2.45) is 7.05 Å². The van der Waals surface area contributed by atoms with Gasteiger partial charge >= 0.3 is 0 Å². The average Bonchev–Trinajstić information content (AvgIpc) is 3.41. The van der Waals surface area contributed by atoms with Crippen LogP contribution in [0.3, 0.4) is 0 Å². The van der Waals surface area contributed by atoms with Crippen LogP contribution in [0.5, 0.6) is 0 Å². The summed E-state index contributed by atoms with van der Waals surface area (Å²) in [5.41, 5.74) is 3.57. The minimum atomic E-state index is 0.0642. The minimum absolute atomic E-state index is 0.0642. The van der Waals surface area contributed by atoms with Crippen LogP contribution >= 0.6 is 23.1 Å². The zero-order valence-corrected chi connectivity index (χ0v) is 17.3. The van der Waals surface area contributed by atoms with Gasteiger partial charge in [-0.25, -0.2) is 4.98 Å². The first-order valence-electron chi connectivity index (χ1n) is 8.61. The van der Waals surface area contributed by atoms with Crippen molar-refractivity contribution >= 4 is 28.9 Å². The summed E-state index contributed by atoms with van der Waals surface area (Å²) in [5.74, 6) is 1.11. The van der Waals surface area contributed by atoms with Crippen molar-refractivity contribution in [3.05, 3.63) is 59.1 Å². The number of hydrogen-bond donors (Lipinski definition) is 0. The molecule has 0 bridgehead atoms. The topological polar surface area (TPSA) is 78.5 Å². The second kappa shape index (κ2) is 7.69. The van der Waals surface area contributed by atoms with Crippen molar-refractivity contribution in [1.82, 2.24) is 29.3 Å². The quantitative estimate of drug-likeness (QED) is 0.356. The molecule has 0 spiro atoms. The first-order chi connectivity index (χ1) is 13.6. The van der Waals surface area contributed by atoms with Crippen LogP contribution in [-0.2, 0) is 7.05 Å². The van der Waals surface area contributed by atoms with E-state index in [4.69, 9.17) is 0 Å². The summed E-state index contributed by atoms with van der Waals surface area (Å²) in [5, 5.41) is 12.0. The van der Waals surface area contributed by atoms with Gasteiger partial charge in [0.15, 0.2) is 21.9 Å². The van der Waals surface area contributed by atoms with E-state index >= 15 is 0 Å². The third-order valence-electron chi connectivity index (χ3n) is 4.45.